The molecule has 3 aromatic rings. The predicted octanol–water partition coefficient (Wildman–Crippen LogP) is 3.93. The zero-order valence-electron chi connectivity index (χ0n) is 17.3. The van der Waals surface area contributed by atoms with Gasteiger partial charge in [0.1, 0.15) is 18.1 Å². The van der Waals surface area contributed by atoms with E-state index in [0.29, 0.717) is 18.8 Å². The molecule has 1 aromatic carbocycles. The minimum atomic E-state index is -5.08. The average molecular weight is 461 g/mol. The van der Waals surface area contributed by atoms with E-state index < -0.39 is 12.1 Å². The Morgan fingerprint density at radius 2 is 1.73 bits per heavy atom. The first kappa shape index (κ1) is 25.3. The van der Waals surface area contributed by atoms with Crippen molar-refractivity contribution in [3.05, 3.63) is 83.9 Å². The number of aromatic hydroxyl groups is 1. The van der Waals surface area contributed by atoms with Crippen LogP contribution in [0.5, 0.6) is 11.5 Å². The Kier molecular flexibility index (Phi) is 9.37. The van der Waals surface area contributed by atoms with Gasteiger partial charge in [-0.2, -0.15) is 13.2 Å². The number of nitrogens with two attached hydrogens (primary N) is 1. The van der Waals surface area contributed by atoms with Crippen molar-refractivity contribution in [1.82, 2.24) is 9.97 Å². The van der Waals surface area contributed by atoms with E-state index in [2.05, 4.69) is 9.97 Å². The van der Waals surface area contributed by atoms with E-state index in [1.54, 1.807) is 43.0 Å². The van der Waals surface area contributed by atoms with Gasteiger partial charge in [-0.25, -0.2) is 4.79 Å². The van der Waals surface area contributed by atoms with Crippen molar-refractivity contribution in [2.24, 2.45) is 5.73 Å². The van der Waals surface area contributed by atoms with Gasteiger partial charge < -0.3 is 20.7 Å². The Hall–Kier alpha value is -3.92. The maximum atomic E-state index is 10.6. The van der Waals surface area contributed by atoms with Gasteiger partial charge in [-0.1, -0.05) is 24.3 Å². The first-order valence-electron chi connectivity index (χ1n) is 9.63. The number of carboxylic acid groups (broad SMARTS) is 1. The fourth-order valence-corrected chi connectivity index (χ4v) is 2.52. The maximum absolute atomic E-state index is 10.6. The monoisotopic (exact) mass is 461 g/mol. The number of aliphatic carboxylic acids is 1. The highest BCUT2D eigenvalue weighted by molar-refractivity contribution is 5.73. The molecule has 0 unspecified atom stereocenters. The number of ether oxygens (including phenoxy) is 1. The van der Waals surface area contributed by atoms with Gasteiger partial charge in [0, 0.05) is 24.6 Å². The van der Waals surface area contributed by atoms with Crippen LogP contribution < -0.4 is 10.5 Å². The Bertz CT molecular complexity index is 1060. The number of hydrogen-bond donors (Lipinski definition) is 3. The summed E-state index contributed by atoms with van der Waals surface area (Å²) < 4.78 is 37.5. The zero-order valence-corrected chi connectivity index (χ0v) is 17.3. The number of rotatable bonds is 7. The molecule has 0 amide bonds. The highest BCUT2D eigenvalue weighted by Gasteiger charge is 2.38. The number of benzene rings is 1. The van der Waals surface area contributed by atoms with Gasteiger partial charge in [-0.05, 0) is 53.4 Å². The highest BCUT2D eigenvalue weighted by Crippen LogP contribution is 2.16. The average Bonchev–Trinajstić information content (AvgIpc) is 2.77. The molecule has 0 aliphatic carbocycles. The molecular formula is C23H22F3N3O4. The molecule has 2 aromatic heterocycles. The summed E-state index contributed by atoms with van der Waals surface area (Å²) in [5.74, 6) is -1.84. The van der Waals surface area contributed by atoms with Crippen LogP contribution in [0.3, 0.4) is 0 Å². The molecule has 0 aliphatic heterocycles. The quantitative estimate of drug-likeness (QED) is 0.488. The second kappa shape index (κ2) is 12.2. The van der Waals surface area contributed by atoms with E-state index in [1.165, 1.54) is 0 Å². The third-order valence-electron chi connectivity index (χ3n) is 4.02. The highest BCUT2D eigenvalue weighted by atomic mass is 19.4. The van der Waals surface area contributed by atoms with Crippen molar-refractivity contribution in [3.8, 4) is 11.5 Å². The van der Waals surface area contributed by atoms with Crippen molar-refractivity contribution in [1.29, 1.82) is 0 Å². The standard InChI is InChI=1S/C21H21N3O2.C2HF3O2/c22-19(10-17-2-1-3-20(25)11-17)15-26-21-12-18(13-24-14-21)5-4-16-6-8-23-9-7-16;3-2(4,5)1(6)7/h1-9,11-14,19,25H,10,15,22H2;(H,6,7)/t19-;/m0./s1. The molecule has 0 aliphatic rings. The molecule has 0 saturated heterocycles. The topological polar surface area (TPSA) is 119 Å². The third kappa shape index (κ3) is 9.83. The third-order valence-corrected chi connectivity index (χ3v) is 4.02. The number of phenols is 1. The molecule has 1 atom stereocenters. The van der Waals surface area contributed by atoms with Crippen LogP contribution in [0.15, 0.2) is 67.3 Å². The number of hydrogen-bond acceptors (Lipinski definition) is 6. The van der Waals surface area contributed by atoms with Crippen molar-refractivity contribution >= 4 is 18.1 Å². The summed E-state index contributed by atoms with van der Waals surface area (Å²) in [6, 6.07) is 12.7. The normalized spacial score (nSPS) is 12.0. The number of carboxylic acids is 1. The first-order valence-corrected chi connectivity index (χ1v) is 9.63. The number of phenolic OH excluding ortho intramolecular Hbond substituents is 1. The molecule has 7 nitrogen and oxygen atoms in total. The maximum Gasteiger partial charge on any atom is 0.490 e. The van der Waals surface area contributed by atoms with E-state index in [-0.39, 0.29) is 11.8 Å². The van der Waals surface area contributed by atoms with E-state index in [9.17, 15) is 18.3 Å². The summed E-state index contributed by atoms with van der Waals surface area (Å²) in [5, 5.41) is 16.6. The number of carbonyl (C=O) groups is 1. The van der Waals surface area contributed by atoms with Gasteiger partial charge in [-0.15, -0.1) is 0 Å². The largest absolute Gasteiger partial charge is 0.508 e. The lowest BCUT2D eigenvalue weighted by molar-refractivity contribution is -0.192. The van der Waals surface area contributed by atoms with Crippen LogP contribution in [0, 0.1) is 0 Å². The Morgan fingerprint density at radius 1 is 1.06 bits per heavy atom. The van der Waals surface area contributed by atoms with Crippen LogP contribution in [0.4, 0.5) is 13.2 Å². The van der Waals surface area contributed by atoms with Crippen LogP contribution >= 0.6 is 0 Å². The lowest BCUT2D eigenvalue weighted by Gasteiger charge is -2.13. The SMILES string of the molecule is N[C@H](COc1cncc(C=Cc2ccncc2)c1)Cc1cccc(O)c1.O=C(O)C(F)(F)F. The summed E-state index contributed by atoms with van der Waals surface area (Å²) in [5.41, 5.74) is 9.12. The van der Waals surface area contributed by atoms with Crippen molar-refractivity contribution in [3.63, 3.8) is 0 Å². The molecule has 10 heteroatoms. The first-order chi connectivity index (χ1) is 15.6. The second-order valence-corrected chi connectivity index (χ2v) is 6.82. The van der Waals surface area contributed by atoms with Crippen LogP contribution in [0.25, 0.3) is 12.2 Å². The summed E-state index contributed by atoms with van der Waals surface area (Å²) in [6.07, 6.45) is 6.47. The minimum absolute atomic E-state index is 0.173. The number of halogens is 3. The van der Waals surface area contributed by atoms with Crippen LogP contribution in [-0.2, 0) is 11.2 Å². The van der Waals surface area contributed by atoms with Gasteiger partial charge in [0.15, 0.2) is 0 Å². The summed E-state index contributed by atoms with van der Waals surface area (Å²) in [4.78, 5) is 17.1. The molecule has 0 bridgehead atoms. The van der Waals surface area contributed by atoms with Crippen molar-refractivity contribution < 1.29 is 32.9 Å². The van der Waals surface area contributed by atoms with Gasteiger partial charge in [0.2, 0.25) is 0 Å². The Labute approximate surface area is 188 Å². The lowest BCUT2D eigenvalue weighted by Crippen LogP contribution is -2.30. The number of pyridine rings is 2. The molecule has 0 spiro atoms. The summed E-state index contributed by atoms with van der Waals surface area (Å²) in [6.45, 7) is 0.370. The molecule has 0 radical (unpaired) electrons. The minimum Gasteiger partial charge on any atom is -0.508 e. The van der Waals surface area contributed by atoms with Crippen molar-refractivity contribution in [2.45, 2.75) is 18.6 Å². The lowest BCUT2D eigenvalue weighted by atomic mass is 10.1. The molecule has 0 saturated carbocycles. The Morgan fingerprint density at radius 3 is 2.36 bits per heavy atom. The van der Waals surface area contributed by atoms with E-state index in [1.807, 2.05) is 36.4 Å². The van der Waals surface area contributed by atoms with Gasteiger partial charge in [0.25, 0.3) is 0 Å². The smallest absolute Gasteiger partial charge is 0.490 e. The second-order valence-electron chi connectivity index (χ2n) is 6.82. The molecule has 174 valence electrons. The fourth-order valence-electron chi connectivity index (χ4n) is 2.52. The molecular weight excluding hydrogens is 439 g/mol. The Balaban J connectivity index is 0.000000479. The fraction of sp³-hybridized carbons (Fsp3) is 0.174. The van der Waals surface area contributed by atoms with Crippen molar-refractivity contribution in [2.75, 3.05) is 6.61 Å². The molecule has 3 rings (SSSR count). The number of nitrogens with zero attached hydrogens (tertiary/aromatic N) is 2. The van der Waals surface area contributed by atoms with E-state index in [4.69, 9.17) is 20.4 Å². The van der Waals surface area contributed by atoms with E-state index in [0.717, 1.165) is 16.7 Å². The zero-order chi connectivity index (χ0) is 24.3. The molecule has 0 fully saturated rings. The summed E-state index contributed by atoms with van der Waals surface area (Å²) >= 11 is 0. The van der Waals surface area contributed by atoms with Crippen LogP contribution in [0.2, 0.25) is 0 Å². The van der Waals surface area contributed by atoms with Gasteiger partial charge >= 0.3 is 12.1 Å². The van der Waals surface area contributed by atoms with E-state index >= 15 is 0 Å². The predicted molar refractivity (Wildman–Crippen MR) is 116 cm³/mol. The number of alkyl halides is 3. The molecule has 33 heavy (non-hydrogen) atoms. The summed E-state index contributed by atoms with van der Waals surface area (Å²) in [7, 11) is 0. The number of aromatic nitrogens is 2. The van der Waals surface area contributed by atoms with Crippen LogP contribution in [0.1, 0.15) is 16.7 Å². The van der Waals surface area contributed by atoms with Gasteiger partial charge in [-0.3, -0.25) is 9.97 Å². The van der Waals surface area contributed by atoms with Gasteiger partial charge in [0.05, 0.1) is 6.20 Å². The van der Waals surface area contributed by atoms with Crippen LogP contribution in [-0.4, -0.2) is 45.0 Å². The molecule has 2 heterocycles. The molecule has 4 N–H and O–H groups in total.